The molecule has 2 nitrogen and oxygen atoms in total. The number of ketones is 1. The average molecular weight is 273 g/mol. The summed E-state index contributed by atoms with van der Waals surface area (Å²) in [6.07, 6.45) is 4.37. The summed E-state index contributed by atoms with van der Waals surface area (Å²) in [5.41, 5.74) is 1.26. The highest BCUT2D eigenvalue weighted by Gasteiger charge is 2.37. The Morgan fingerprint density at radius 3 is 2.65 bits per heavy atom. The van der Waals surface area contributed by atoms with Gasteiger partial charge in [-0.1, -0.05) is 50.6 Å². The van der Waals surface area contributed by atoms with E-state index < -0.39 is 0 Å². The van der Waals surface area contributed by atoms with E-state index in [4.69, 9.17) is 0 Å². The number of carbonyl (C=O) groups excluding carboxylic acids is 1. The molecule has 1 unspecified atom stereocenters. The van der Waals surface area contributed by atoms with Gasteiger partial charge >= 0.3 is 0 Å². The van der Waals surface area contributed by atoms with E-state index in [1.807, 2.05) is 0 Å². The molecule has 1 aromatic rings. The summed E-state index contributed by atoms with van der Waals surface area (Å²) in [6.45, 7) is 6.14. The summed E-state index contributed by atoms with van der Waals surface area (Å²) in [6, 6.07) is 10.6. The van der Waals surface area contributed by atoms with Crippen LogP contribution in [0.3, 0.4) is 0 Å². The van der Waals surface area contributed by atoms with Gasteiger partial charge in [0.15, 0.2) is 0 Å². The molecule has 1 atom stereocenters. The third kappa shape index (κ3) is 3.92. The standard InChI is InChI=1S/C18H27NO/c1-18(2)12-7-10-16(17(18)20)14-19(3)13-11-15-8-5-4-6-9-15/h4-6,8-9,16H,7,10-14H2,1-3H3. The van der Waals surface area contributed by atoms with Gasteiger partial charge in [-0.05, 0) is 31.9 Å². The second-order valence-electron chi connectivity index (χ2n) is 6.84. The highest BCUT2D eigenvalue weighted by atomic mass is 16.1. The number of Topliss-reactive ketones (excluding diaryl/α,β-unsaturated/α-hetero) is 1. The van der Waals surface area contributed by atoms with Crippen molar-refractivity contribution in [1.82, 2.24) is 4.90 Å². The fourth-order valence-corrected chi connectivity index (χ4v) is 3.20. The molecule has 1 fully saturated rings. The zero-order valence-electron chi connectivity index (χ0n) is 13.1. The molecule has 20 heavy (non-hydrogen) atoms. The van der Waals surface area contributed by atoms with Crippen molar-refractivity contribution in [3.8, 4) is 0 Å². The lowest BCUT2D eigenvalue weighted by Crippen LogP contribution is -2.41. The van der Waals surface area contributed by atoms with Gasteiger partial charge in [0.2, 0.25) is 0 Å². The molecule has 0 spiro atoms. The van der Waals surface area contributed by atoms with E-state index in [1.165, 1.54) is 12.0 Å². The fraction of sp³-hybridized carbons (Fsp3) is 0.611. The Morgan fingerprint density at radius 2 is 1.95 bits per heavy atom. The molecule has 0 amide bonds. The van der Waals surface area contributed by atoms with Crippen molar-refractivity contribution in [1.29, 1.82) is 0 Å². The maximum Gasteiger partial charge on any atom is 0.142 e. The minimum atomic E-state index is -0.108. The molecule has 1 aliphatic rings. The van der Waals surface area contributed by atoms with Gasteiger partial charge in [0, 0.05) is 24.4 Å². The van der Waals surface area contributed by atoms with Crippen molar-refractivity contribution < 1.29 is 4.79 Å². The monoisotopic (exact) mass is 273 g/mol. The van der Waals surface area contributed by atoms with Crippen LogP contribution in [-0.2, 0) is 11.2 Å². The Hall–Kier alpha value is -1.15. The maximum absolute atomic E-state index is 12.4. The van der Waals surface area contributed by atoms with E-state index in [0.29, 0.717) is 5.78 Å². The van der Waals surface area contributed by atoms with Gasteiger partial charge in [-0.3, -0.25) is 4.79 Å². The van der Waals surface area contributed by atoms with Crippen LogP contribution in [0, 0.1) is 11.3 Å². The molecule has 0 saturated heterocycles. The van der Waals surface area contributed by atoms with Crippen LogP contribution < -0.4 is 0 Å². The van der Waals surface area contributed by atoms with Crippen molar-refractivity contribution in [2.75, 3.05) is 20.1 Å². The Labute approximate surface area is 123 Å². The van der Waals surface area contributed by atoms with Gasteiger partial charge in [0.25, 0.3) is 0 Å². The molecule has 0 N–H and O–H groups in total. The van der Waals surface area contributed by atoms with Crippen LogP contribution in [-0.4, -0.2) is 30.8 Å². The summed E-state index contributed by atoms with van der Waals surface area (Å²) in [4.78, 5) is 14.7. The van der Waals surface area contributed by atoms with E-state index in [1.54, 1.807) is 0 Å². The Bertz CT molecular complexity index is 438. The minimum absolute atomic E-state index is 0.108. The second kappa shape index (κ2) is 6.53. The molecular formula is C18H27NO. The normalized spacial score (nSPS) is 22.2. The van der Waals surface area contributed by atoms with Gasteiger partial charge < -0.3 is 4.90 Å². The maximum atomic E-state index is 12.4. The van der Waals surface area contributed by atoms with E-state index in [2.05, 4.69) is 56.1 Å². The van der Waals surface area contributed by atoms with Crippen molar-refractivity contribution in [3.05, 3.63) is 35.9 Å². The third-order valence-electron chi connectivity index (χ3n) is 4.55. The number of hydrogen-bond donors (Lipinski definition) is 0. The van der Waals surface area contributed by atoms with Crippen LogP contribution in [0.5, 0.6) is 0 Å². The Morgan fingerprint density at radius 1 is 1.25 bits per heavy atom. The fourth-order valence-electron chi connectivity index (χ4n) is 3.20. The van der Waals surface area contributed by atoms with Gasteiger partial charge in [0.05, 0.1) is 0 Å². The van der Waals surface area contributed by atoms with E-state index in [9.17, 15) is 4.79 Å². The van der Waals surface area contributed by atoms with Crippen molar-refractivity contribution in [2.24, 2.45) is 11.3 Å². The molecule has 0 heterocycles. The van der Waals surface area contributed by atoms with Gasteiger partial charge in [-0.25, -0.2) is 0 Å². The van der Waals surface area contributed by atoms with E-state index in [0.717, 1.165) is 32.4 Å². The van der Waals surface area contributed by atoms with Crippen molar-refractivity contribution in [2.45, 2.75) is 39.5 Å². The van der Waals surface area contributed by atoms with Crippen LogP contribution in [0.1, 0.15) is 38.7 Å². The van der Waals surface area contributed by atoms with Crippen molar-refractivity contribution in [3.63, 3.8) is 0 Å². The molecule has 0 radical (unpaired) electrons. The number of nitrogens with zero attached hydrogens (tertiary/aromatic N) is 1. The molecule has 1 aliphatic carbocycles. The molecular weight excluding hydrogens is 246 g/mol. The number of hydrogen-bond acceptors (Lipinski definition) is 2. The number of benzene rings is 1. The first-order valence-electron chi connectivity index (χ1n) is 7.76. The third-order valence-corrected chi connectivity index (χ3v) is 4.55. The van der Waals surface area contributed by atoms with Crippen LogP contribution in [0.4, 0.5) is 0 Å². The Kier molecular flexibility index (Phi) is 4.98. The molecule has 2 rings (SSSR count). The first-order chi connectivity index (χ1) is 9.49. The predicted octanol–water partition coefficient (Wildman–Crippen LogP) is 3.56. The summed E-state index contributed by atoms with van der Waals surface area (Å²) >= 11 is 0. The largest absolute Gasteiger partial charge is 0.305 e. The summed E-state index contributed by atoms with van der Waals surface area (Å²) in [5, 5.41) is 0. The molecule has 2 heteroatoms. The molecule has 0 aliphatic heterocycles. The smallest absolute Gasteiger partial charge is 0.142 e. The highest BCUT2D eigenvalue weighted by molar-refractivity contribution is 5.87. The predicted molar refractivity (Wildman–Crippen MR) is 83.8 cm³/mol. The SMILES string of the molecule is CN(CCc1ccccc1)CC1CCCC(C)(C)C1=O. The molecule has 0 bridgehead atoms. The molecule has 110 valence electrons. The van der Waals surface area contributed by atoms with Crippen molar-refractivity contribution >= 4 is 5.78 Å². The molecule has 1 saturated carbocycles. The van der Waals surface area contributed by atoms with E-state index >= 15 is 0 Å². The highest BCUT2D eigenvalue weighted by Crippen LogP contribution is 2.35. The lowest BCUT2D eigenvalue weighted by molar-refractivity contribution is -0.134. The zero-order chi connectivity index (χ0) is 14.6. The Balaban J connectivity index is 1.82. The van der Waals surface area contributed by atoms with Gasteiger partial charge in [0.1, 0.15) is 5.78 Å². The first kappa shape index (κ1) is 15.2. The van der Waals surface area contributed by atoms with E-state index in [-0.39, 0.29) is 11.3 Å². The molecule has 1 aromatic carbocycles. The lowest BCUT2D eigenvalue weighted by Gasteiger charge is -2.35. The minimum Gasteiger partial charge on any atom is -0.305 e. The first-order valence-corrected chi connectivity index (χ1v) is 7.76. The quantitative estimate of drug-likeness (QED) is 0.817. The van der Waals surface area contributed by atoms with Crippen LogP contribution in [0.2, 0.25) is 0 Å². The van der Waals surface area contributed by atoms with Gasteiger partial charge in [-0.15, -0.1) is 0 Å². The van der Waals surface area contributed by atoms with Gasteiger partial charge in [-0.2, -0.15) is 0 Å². The number of rotatable bonds is 5. The summed E-state index contributed by atoms with van der Waals surface area (Å²) < 4.78 is 0. The average Bonchev–Trinajstić information content (AvgIpc) is 2.43. The number of carbonyl (C=O) groups is 1. The summed E-state index contributed by atoms with van der Waals surface area (Å²) in [7, 11) is 2.14. The summed E-state index contributed by atoms with van der Waals surface area (Å²) in [5.74, 6) is 0.704. The van der Waals surface area contributed by atoms with Crippen LogP contribution in [0.25, 0.3) is 0 Å². The molecule has 0 aromatic heterocycles. The second-order valence-corrected chi connectivity index (χ2v) is 6.84. The number of likely N-dealkylation sites (N-methyl/N-ethyl adjacent to an activating group) is 1. The topological polar surface area (TPSA) is 20.3 Å². The van der Waals surface area contributed by atoms with Crippen LogP contribution >= 0.6 is 0 Å². The zero-order valence-corrected chi connectivity index (χ0v) is 13.1. The van der Waals surface area contributed by atoms with Crippen LogP contribution in [0.15, 0.2) is 30.3 Å². The lowest BCUT2D eigenvalue weighted by atomic mass is 9.71.